The summed E-state index contributed by atoms with van der Waals surface area (Å²) in [6.07, 6.45) is 7.78. The van der Waals surface area contributed by atoms with Crippen molar-refractivity contribution in [3.05, 3.63) is 54.5 Å². The van der Waals surface area contributed by atoms with Gasteiger partial charge in [-0.2, -0.15) is 0 Å². The van der Waals surface area contributed by atoms with Gasteiger partial charge in [-0.1, -0.05) is 6.07 Å². The molecule has 5 rings (SSSR count). The van der Waals surface area contributed by atoms with E-state index in [9.17, 15) is 4.79 Å². The fraction of sp³-hybridized carbons (Fsp3) is 0.292. The number of H-pyrrole nitrogens is 1. The number of aliphatic carboxylic acids is 1. The number of fused-ring (bicyclic) bond motifs is 1. The molecule has 0 aliphatic heterocycles. The number of nitrogens with one attached hydrogen (secondary N) is 1. The number of pyridine rings is 1. The topological polar surface area (TPSA) is 114 Å². The second kappa shape index (κ2) is 8.37. The minimum absolute atomic E-state index is 0.0403. The van der Waals surface area contributed by atoms with Gasteiger partial charge in [0.2, 0.25) is 0 Å². The predicted octanol–water partition coefficient (Wildman–Crippen LogP) is 4.41. The predicted molar refractivity (Wildman–Crippen MR) is 119 cm³/mol. The van der Waals surface area contributed by atoms with Crippen molar-refractivity contribution >= 4 is 17.0 Å². The van der Waals surface area contributed by atoms with E-state index in [4.69, 9.17) is 9.84 Å². The van der Waals surface area contributed by atoms with Gasteiger partial charge in [-0.15, -0.1) is 0 Å². The third-order valence-electron chi connectivity index (χ3n) is 5.89. The van der Waals surface area contributed by atoms with Gasteiger partial charge in [-0.05, 0) is 62.4 Å². The summed E-state index contributed by atoms with van der Waals surface area (Å²) in [5, 5.41) is 9.10. The number of hydrogen-bond acceptors (Lipinski definition) is 6. The molecule has 4 aromatic rings. The smallest absolute Gasteiger partial charge is 0.316 e. The maximum atomic E-state index is 11.1. The lowest BCUT2D eigenvalue weighted by Gasteiger charge is -2.25. The van der Waals surface area contributed by atoms with Gasteiger partial charge in [0.05, 0.1) is 22.6 Å². The van der Waals surface area contributed by atoms with Crippen LogP contribution < -0.4 is 4.74 Å². The van der Waals surface area contributed by atoms with Crippen molar-refractivity contribution in [2.24, 2.45) is 5.92 Å². The van der Waals surface area contributed by atoms with Crippen LogP contribution in [0.5, 0.6) is 6.01 Å². The van der Waals surface area contributed by atoms with Crippen LogP contribution in [-0.2, 0) is 4.79 Å². The maximum Gasteiger partial charge on any atom is 0.316 e. The number of aromatic nitrogens is 5. The van der Waals surface area contributed by atoms with E-state index in [1.807, 2.05) is 24.3 Å². The molecule has 8 nitrogen and oxygen atoms in total. The quantitative estimate of drug-likeness (QED) is 0.483. The first-order valence-electron chi connectivity index (χ1n) is 10.7. The maximum absolute atomic E-state index is 11.1. The molecule has 1 aliphatic rings. The molecule has 3 aromatic heterocycles. The van der Waals surface area contributed by atoms with Crippen LogP contribution in [0.4, 0.5) is 0 Å². The number of benzene rings is 1. The molecular weight excluding hydrogens is 406 g/mol. The van der Waals surface area contributed by atoms with Crippen LogP contribution >= 0.6 is 0 Å². The monoisotopic (exact) mass is 429 g/mol. The van der Waals surface area contributed by atoms with Gasteiger partial charge in [0, 0.05) is 29.7 Å². The molecule has 8 heteroatoms. The molecule has 0 bridgehead atoms. The molecule has 2 N–H and O–H groups in total. The van der Waals surface area contributed by atoms with Gasteiger partial charge in [0.1, 0.15) is 11.9 Å². The van der Waals surface area contributed by atoms with Crippen LogP contribution in [-0.4, -0.2) is 42.1 Å². The van der Waals surface area contributed by atoms with Crippen LogP contribution in [0.1, 0.15) is 31.2 Å². The zero-order chi connectivity index (χ0) is 22.1. The van der Waals surface area contributed by atoms with Crippen LogP contribution in [0.25, 0.3) is 33.7 Å². The minimum atomic E-state index is -0.724. The summed E-state index contributed by atoms with van der Waals surface area (Å²) < 4.78 is 5.84. The molecule has 32 heavy (non-hydrogen) atoms. The van der Waals surface area contributed by atoms with E-state index < -0.39 is 5.97 Å². The first-order valence-corrected chi connectivity index (χ1v) is 10.7. The number of ether oxygens (including phenoxy) is 1. The first-order chi connectivity index (χ1) is 15.5. The Balaban J connectivity index is 1.25. The highest BCUT2D eigenvalue weighted by Crippen LogP contribution is 2.27. The zero-order valence-electron chi connectivity index (χ0n) is 17.7. The van der Waals surface area contributed by atoms with Crippen molar-refractivity contribution in [3.63, 3.8) is 0 Å². The number of imidazole rings is 1. The molecule has 1 fully saturated rings. The Kier molecular flexibility index (Phi) is 5.26. The van der Waals surface area contributed by atoms with E-state index in [0.29, 0.717) is 31.7 Å². The number of carboxylic acids is 1. The third kappa shape index (κ3) is 4.16. The molecule has 0 atom stereocenters. The largest absolute Gasteiger partial charge is 0.481 e. The number of aryl methyl sites for hydroxylation is 1. The normalized spacial score (nSPS) is 18.5. The van der Waals surface area contributed by atoms with Gasteiger partial charge in [-0.25, -0.2) is 15.0 Å². The SMILES string of the molecule is Cc1ccc2nc(-c3ccc(-c4cnc(OC5CCC(C(=O)O)CC5)nc4)nc3)[nH]c2c1. The summed E-state index contributed by atoms with van der Waals surface area (Å²) in [6.45, 7) is 2.05. The van der Waals surface area contributed by atoms with Crippen LogP contribution in [0.2, 0.25) is 0 Å². The number of carboxylic acid groups (broad SMARTS) is 1. The lowest BCUT2D eigenvalue weighted by molar-refractivity contribution is -0.143. The number of hydrogen-bond donors (Lipinski definition) is 2. The summed E-state index contributed by atoms with van der Waals surface area (Å²) in [4.78, 5) is 32.2. The lowest BCUT2D eigenvalue weighted by atomic mass is 9.87. The van der Waals surface area contributed by atoms with Crippen molar-refractivity contribution in [2.75, 3.05) is 0 Å². The van der Waals surface area contributed by atoms with Crippen LogP contribution in [0.15, 0.2) is 48.9 Å². The molecule has 162 valence electrons. The van der Waals surface area contributed by atoms with E-state index >= 15 is 0 Å². The fourth-order valence-corrected chi connectivity index (χ4v) is 4.05. The number of carbonyl (C=O) groups is 1. The van der Waals surface area contributed by atoms with Crippen molar-refractivity contribution in [3.8, 4) is 28.7 Å². The molecule has 1 aliphatic carbocycles. The third-order valence-corrected chi connectivity index (χ3v) is 5.89. The average Bonchev–Trinajstić information content (AvgIpc) is 3.23. The molecule has 0 amide bonds. The molecule has 3 heterocycles. The Morgan fingerprint density at radius 3 is 2.44 bits per heavy atom. The second-order valence-corrected chi connectivity index (χ2v) is 8.22. The Bertz CT molecular complexity index is 1240. The summed E-state index contributed by atoms with van der Waals surface area (Å²) in [7, 11) is 0. The van der Waals surface area contributed by atoms with Crippen LogP contribution in [0.3, 0.4) is 0 Å². The van der Waals surface area contributed by atoms with Crippen LogP contribution in [0, 0.1) is 12.8 Å². The highest BCUT2D eigenvalue weighted by molar-refractivity contribution is 5.80. The van der Waals surface area contributed by atoms with Gasteiger partial charge in [-0.3, -0.25) is 9.78 Å². The molecule has 1 aromatic carbocycles. The van der Waals surface area contributed by atoms with E-state index in [-0.39, 0.29) is 12.0 Å². The van der Waals surface area contributed by atoms with E-state index in [1.54, 1.807) is 18.6 Å². The number of nitrogens with zero attached hydrogens (tertiary/aromatic N) is 4. The molecular formula is C24H23N5O3. The molecule has 0 unspecified atom stereocenters. The second-order valence-electron chi connectivity index (χ2n) is 8.22. The Labute approximate surface area is 184 Å². The van der Waals surface area contributed by atoms with Crippen molar-refractivity contribution < 1.29 is 14.6 Å². The van der Waals surface area contributed by atoms with Gasteiger partial charge in [0.15, 0.2) is 0 Å². The number of aromatic amines is 1. The first kappa shape index (κ1) is 20.1. The van der Waals surface area contributed by atoms with E-state index in [0.717, 1.165) is 33.7 Å². The van der Waals surface area contributed by atoms with Gasteiger partial charge in [0.25, 0.3) is 0 Å². The number of rotatable bonds is 5. The van der Waals surface area contributed by atoms with Gasteiger partial charge >= 0.3 is 12.0 Å². The van der Waals surface area contributed by atoms with Crippen molar-refractivity contribution in [1.29, 1.82) is 0 Å². The molecule has 0 radical (unpaired) electrons. The lowest BCUT2D eigenvalue weighted by Crippen LogP contribution is -2.28. The Hall–Kier alpha value is -3.81. The minimum Gasteiger partial charge on any atom is -0.481 e. The molecule has 1 saturated carbocycles. The Morgan fingerprint density at radius 1 is 1.00 bits per heavy atom. The highest BCUT2D eigenvalue weighted by Gasteiger charge is 2.27. The zero-order valence-corrected chi connectivity index (χ0v) is 17.7. The summed E-state index contributed by atoms with van der Waals surface area (Å²) in [5.74, 6) is -0.212. The van der Waals surface area contributed by atoms with E-state index in [2.05, 4.69) is 37.9 Å². The van der Waals surface area contributed by atoms with Crippen molar-refractivity contribution in [2.45, 2.75) is 38.7 Å². The van der Waals surface area contributed by atoms with Gasteiger partial charge < -0.3 is 14.8 Å². The standard InChI is InChI=1S/C24H23N5O3/c1-14-2-8-20-21(10-14)29-22(28-20)16-5-9-19(25-11-16)17-12-26-24(27-13-17)32-18-6-3-15(4-7-18)23(30)31/h2,5,8-13,15,18H,3-4,6-7H2,1H3,(H,28,29)(H,30,31). The summed E-state index contributed by atoms with van der Waals surface area (Å²) in [6, 6.07) is 10.3. The van der Waals surface area contributed by atoms with Crippen molar-refractivity contribution in [1.82, 2.24) is 24.9 Å². The molecule has 0 spiro atoms. The summed E-state index contributed by atoms with van der Waals surface area (Å²) >= 11 is 0. The average molecular weight is 429 g/mol. The van der Waals surface area contributed by atoms with E-state index in [1.165, 1.54) is 5.56 Å². The summed E-state index contributed by atoms with van der Waals surface area (Å²) in [5.41, 5.74) is 5.56. The molecule has 0 saturated heterocycles. The fourth-order valence-electron chi connectivity index (χ4n) is 4.05. The highest BCUT2D eigenvalue weighted by atomic mass is 16.5. The Morgan fingerprint density at radius 2 is 1.75 bits per heavy atom.